The van der Waals surface area contributed by atoms with Crippen LogP contribution in [0.2, 0.25) is 0 Å². The van der Waals surface area contributed by atoms with E-state index in [4.69, 9.17) is 0 Å². The zero-order valence-corrected chi connectivity index (χ0v) is 11.8. The molecule has 0 aliphatic rings. The molecule has 1 unspecified atom stereocenters. The average Bonchev–Trinajstić information content (AvgIpc) is 3.00. The second kappa shape index (κ2) is 6.23. The Morgan fingerprint density at radius 3 is 2.94 bits per heavy atom. The van der Waals surface area contributed by atoms with Gasteiger partial charge in [-0.25, -0.2) is 0 Å². The van der Waals surface area contributed by atoms with Gasteiger partial charge in [0.1, 0.15) is 0 Å². The van der Waals surface area contributed by atoms with Gasteiger partial charge in [0, 0.05) is 0 Å². The van der Waals surface area contributed by atoms with Crippen LogP contribution in [0.5, 0.6) is 0 Å². The van der Waals surface area contributed by atoms with Crippen molar-refractivity contribution in [2.24, 2.45) is 0 Å². The summed E-state index contributed by atoms with van der Waals surface area (Å²) in [6, 6.07) is 2.44. The van der Waals surface area contributed by atoms with Crippen molar-refractivity contribution in [2.45, 2.75) is 32.7 Å². The second-order valence-corrected chi connectivity index (χ2v) is 5.45. The van der Waals surface area contributed by atoms with Crippen molar-refractivity contribution < 1.29 is 0 Å². The molecule has 2 heterocycles. The molecule has 2 aromatic rings. The van der Waals surface area contributed by atoms with Crippen LogP contribution in [-0.2, 0) is 6.42 Å². The Morgan fingerprint density at radius 2 is 2.29 bits per heavy atom. The summed E-state index contributed by atoms with van der Waals surface area (Å²) in [5.41, 5.74) is 2.44. The van der Waals surface area contributed by atoms with Crippen molar-refractivity contribution in [1.29, 1.82) is 0 Å². The summed E-state index contributed by atoms with van der Waals surface area (Å²) in [4.78, 5) is 1.26. The smallest absolute Gasteiger partial charge is 0.0804 e. The Hall–Kier alpha value is -0.780. The van der Waals surface area contributed by atoms with Gasteiger partial charge in [0.15, 0.2) is 0 Å². The summed E-state index contributed by atoms with van der Waals surface area (Å²) in [5.74, 6) is 0. The minimum Gasteiger partial charge on any atom is -0.305 e. The summed E-state index contributed by atoms with van der Waals surface area (Å²) in [5, 5.41) is 12.1. The fourth-order valence-corrected chi connectivity index (χ4v) is 3.30. The molecule has 0 fully saturated rings. The predicted molar refractivity (Wildman–Crippen MR) is 73.7 cm³/mol. The molecular formula is C12H17N3S2. The third kappa shape index (κ3) is 2.91. The van der Waals surface area contributed by atoms with Crippen LogP contribution in [0.4, 0.5) is 0 Å². The Morgan fingerprint density at radius 1 is 1.41 bits per heavy atom. The molecule has 1 atom stereocenters. The normalized spacial score (nSPS) is 12.8. The van der Waals surface area contributed by atoms with E-state index in [9.17, 15) is 0 Å². The molecule has 0 aromatic carbocycles. The van der Waals surface area contributed by atoms with Gasteiger partial charge in [-0.1, -0.05) is 18.3 Å². The zero-order chi connectivity index (χ0) is 12.1. The number of hydrogen-bond acceptors (Lipinski definition) is 5. The zero-order valence-electron chi connectivity index (χ0n) is 10.1. The lowest BCUT2D eigenvalue weighted by atomic mass is 10.1. The van der Waals surface area contributed by atoms with E-state index < -0.39 is 0 Å². The minimum atomic E-state index is 0.260. The molecule has 1 N–H and O–H groups in total. The van der Waals surface area contributed by atoms with Gasteiger partial charge in [-0.05, 0) is 53.3 Å². The molecule has 5 heteroatoms. The van der Waals surface area contributed by atoms with Crippen molar-refractivity contribution in [3.8, 4) is 0 Å². The average molecular weight is 267 g/mol. The van der Waals surface area contributed by atoms with Gasteiger partial charge in [0.2, 0.25) is 0 Å². The first-order chi connectivity index (χ1) is 8.36. The van der Waals surface area contributed by atoms with Crippen molar-refractivity contribution in [3.05, 3.63) is 33.0 Å². The first-order valence-corrected chi connectivity index (χ1v) is 7.65. The molecule has 0 radical (unpaired) electrons. The Labute approximate surface area is 110 Å². The van der Waals surface area contributed by atoms with E-state index in [2.05, 4.69) is 45.6 Å². The third-order valence-electron chi connectivity index (χ3n) is 2.66. The molecule has 92 valence electrons. The van der Waals surface area contributed by atoms with Crippen molar-refractivity contribution in [3.63, 3.8) is 0 Å². The maximum absolute atomic E-state index is 4.21. The number of thiophene rings is 1. The first kappa shape index (κ1) is 12.7. The maximum atomic E-state index is 4.21. The summed E-state index contributed by atoms with van der Waals surface area (Å²) in [7, 11) is 0. The molecule has 0 bridgehead atoms. The highest BCUT2D eigenvalue weighted by atomic mass is 32.1. The third-order valence-corrected chi connectivity index (χ3v) is 4.19. The highest BCUT2D eigenvalue weighted by Gasteiger charge is 2.19. The van der Waals surface area contributed by atoms with Crippen LogP contribution in [0.15, 0.2) is 16.8 Å². The maximum Gasteiger partial charge on any atom is 0.0804 e. The van der Waals surface area contributed by atoms with Crippen LogP contribution in [-0.4, -0.2) is 16.1 Å². The van der Waals surface area contributed by atoms with Gasteiger partial charge in [-0.2, -0.15) is 11.3 Å². The van der Waals surface area contributed by atoms with E-state index in [1.54, 1.807) is 11.3 Å². The van der Waals surface area contributed by atoms with Crippen LogP contribution in [0.3, 0.4) is 0 Å². The molecule has 2 aromatic heterocycles. The summed E-state index contributed by atoms with van der Waals surface area (Å²) < 4.78 is 4.09. The van der Waals surface area contributed by atoms with Crippen LogP contribution in [0.1, 0.15) is 42.4 Å². The van der Waals surface area contributed by atoms with Crippen LogP contribution >= 0.6 is 22.9 Å². The SMILES string of the molecule is CCCNC(c1ccsc1)c1snnc1CC. The molecule has 0 spiro atoms. The molecule has 0 aliphatic carbocycles. The first-order valence-electron chi connectivity index (χ1n) is 5.93. The lowest BCUT2D eigenvalue weighted by Crippen LogP contribution is -2.22. The van der Waals surface area contributed by atoms with Gasteiger partial charge in [0.25, 0.3) is 0 Å². The summed E-state index contributed by atoms with van der Waals surface area (Å²) >= 11 is 3.25. The van der Waals surface area contributed by atoms with Gasteiger partial charge in [0.05, 0.1) is 16.6 Å². The fraction of sp³-hybridized carbons (Fsp3) is 0.500. The molecule has 17 heavy (non-hydrogen) atoms. The number of aryl methyl sites for hydroxylation is 1. The van der Waals surface area contributed by atoms with E-state index in [1.165, 1.54) is 22.0 Å². The lowest BCUT2D eigenvalue weighted by Gasteiger charge is -2.16. The van der Waals surface area contributed by atoms with Gasteiger partial charge < -0.3 is 5.32 Å². The number of nitrogens with one attached hydrogen (secondary N) is 1. The molecule has 0 saturated carbocycles. The fourth-order valence-electron chi connectivity index (χ4n) is 1.77. The summed E-state index contributed by atoms with van der Waals surface area (Å²) in [6.07, 6.45) is 2.08. The van der Waals surface area contributed by atoms with Gasteiger partial charge >= 0.3 is 0 Å². The number of rotatable bonds is 6. The highest BCUT2D eigenvalue weighted by Crippen LogP contribution is 2.28. The predicted octanol–water partition coefficient (Wildman–Crippen LogP) is 3.25. The number of hydrogen-bond donors (Lipinski definition) is 1. The van der Waals surface area contributed by atoms with Gasteiger partial charge in [-0.15, -0.1) is 5.10 Å². The molecule has 3 nitrogen and oxygen atoms in total. The highest BCUT2D eigenvalue weighted by molar-refractivity contribution is 7.08. The lowest BCUT2D eigenvalue weighted by molar-refractivity contribution is 0.602. The van der Waals surface area contributed by atoms with Crippen molar-refractivity contribution >= 4 is 22.9 Å². The number of nitrogens with zero attached hydrogens (tertiary/aromatic N) is 2. The summed E-state index contributed by atoms with van der Waals surface area (Å²) in [6.45, 7) is 5.33. The molecule has 0 saturated heterocycles. The molecule has 0 amide bonds. The van der Waals surface area contributed by atoms with Gasteiger partial charge in [-0.3, -0.25) is 0 Å². The monoisotopic (exact) mass is 267 g/mol. The Balaban J connectivity index is 2.27. The van der Waals surface area contributed by atoms with E-state index >= 15 is 0 Å². The Kier molecular flexibility index (Phi) is 4.65. The van der Waals surface area contributed by atoms with E-state index in [-0.39, 0.29) is 6.04 Å². The Bertz CT molecular complexity index is 436. The molecular weight excluding hydrogens is 250 g/mol. The number of aromatic nitrogens is 2. The van der Waals surface area contributed by atoms with Crippen molar-refractivity contribution in [1.82, 2.24) is 14.9 Å². The van der Waals surface area contributed by atoms with Crippen LogP contribution in [0, 0.1) is 0 Å². The van der Waals surface area contributed by atoms with E-state index in [0.717, 1.165) is 25.1 Å². The minimum absolute atomic E-state index is 0.260. The van der Waals surface area contributed by atoms with E-state index in [1.807, 2.05) is 0 Å². The topological polar surface area (TPSA) is 37.8 Å². The van der Waals surface area contributed by atoms with Crippen LogP contribution < -0.4 is 5.32 Å². The largest absolute Gasteiger partial charge is 0.305 e. The quantitative estimate of drug-likeness (QED) is 0.873. The van der Waals surface area contributed by atoms with Crippen LogP contribution in [0.25, 0.3) is 0 Å². The standard InChI is InChI=1S/C12H17N3S2/c1-3-6-13-11(9-5-7-16-8-9)12-10(4-2)14-15-17-12/h5,7-8,11,13H,3-4,6H2,1-2H3. The molecule has 0 aliphatic heterocycles. The molecule has 2 rings (SSSR count). The second-order valence-electron chi connectivity index (χ2n) is 3.88. The van der Waals surface area contributed by atoms with Crippen molar-refractivity contribution in [2.75, 3.05) is 6.54 Å². The van der Waals surface area contributed by atoms with E-state index in [0.29, 0.717) is 0 Å².